The summed E-state index contributed by atoms with van der Waals surface area (Å²) in [5.74, 6) is 0.858. The van der Waals surface area contributed by atoms with Gasteiger partial charge < -0.3 is 13.7 Å². The summed E-state index contributed by atoms with van der Waals surface area (Å²) < 4.78 is 14.8. The number of rotatable bonds is 5. The van der Waals surface area contributed by atoms with Gasteiger partial charge in [-0.3, -0.25) is 9.36 Å². The normalized spacial score (nSPS) is 18.5. The van der Waals surface area contributed by atoms with Gasteiger partial charge >= 0.3 is 5.76 Å². The van der Waals surface area contributed by atoms with Gasteiger partial charge in [-0.2, -0.15) is 4.68 Å². The van der Waals surface area contributed by atoms with E-state index in [1.807, 2.05) is 24.3 Å². The number of aromatic nitrogens is 6. The molecule has 0 N–H and O–H groups in total. The van der Waals surface area contributed by atoms with E-state index >= 15 is 0 Å². The topological polar surface area (TPSA) is 110 Å². The van der Waals surface area contributed by atoms with Crippen molar-refractivity contribution in [3.63, 3.8) is 0 Å². The molecule has 4 aromatic rings. The molecule has 3 aromatic heterocycles. The third-order valence-electron chi connectivity index (χ3n) is 5.66. The lowest BCUT2D eigenvalue weighted by Crippen LogP contribution is -2.31. The molecule has 5 rings (SSSR count). The summed E-state index contributed by atoms with van der Waals surface area (Å²) in [6, 6.07) is 7.95. The summed E-state index contributed by atoms with van der Waals surface area (Å²) in [4.78, 5) is 33.2. The van der Waals surface area contributed by atoms with Crippen LogP contribution in [0.3, 0.4) is 0 Å². The fourth-order valence-corrected chi connectivity index (χ4v) is 3.89. The lowest BCUT2D eigenvalue weighted by Gasteiger charge is -2.34. The standard InChI is InChI=1S/C20H20N6O4/c1-24-10-21-18-17(24)19(27)25(11-22-18)9-16-23-26(20(28)30-16)14-7-13(8-14)12-3-5-15(29-2)6-4-12/h3-6,10-11,13-14H,7-9H2,1-2H3/t13-,14-. The van der Waals surface area contributed by atoms with Crippen molar-refractivity contribution >= 4 is 11.2 Å². The van der Waals surface area contributed by atoms with Gasteiger partial charge in [0.1, 0.15) is 18.6 Å². The van der Waals surface area contributed by atoms with E-state index in [4.69, 9.17) is 9.15 Å². The van der Waals surface area contributed by atoms with Gasteiger partial charge in [-0.25, -0.2) is 14.8 Å². The number of fused-ring (bicyclic) bond motifs is 1. The maximum Gasteiger partial charge on any atom is 0.437 e. The fourth-order valence-electron chi connectivity index (χ4n) is 3.89. The first-order chi connectivity index (χ1) is 14.5. The molecule has 10 heteroatoms. The smallest absolute Gasteiger partial charge is 0.437 e. The molecular formula is C20H20N6O4. The van der Waals surface area contributed by atoms with Crippen LogP contribution in [0.1, 0.15) is 36.3 Å². The highest BCUT2D eigenvalue weighted by molar-refractivity contribution is 5.68. The van der Waals surface area contributed by atoms with Gasteiger partial charge in [0.2, 0.25) is 5.89 Å². The highest BCUT2D eigenvalue weighted by atomic mass is 16.5. The zero-order valence-corrected chi connectivity index (χ0v) is 16.6. The van der Waals surface area contributed by atoms with Crippen molar-refractivity contribution in [3.8, 4) is 5.75 Å². The predicted octanol–water partition coefficient (Wildman–Crippen LogP) is 1.46. The minimum atomic E-state index is -0.509. The summed E-state index contributed by atoms with van der Waals surface area (Å²) in [6.45, 7) is 0.0316. The van der Waals surface area contributed by atoms with Crippen LogP contribution in [0.15, 0.2) is 50.9 Å². The van der Waals surface area contributed by atoms with Gasteiger partial charge in [0.05, 0.1) is 19.5 Å². The monoisotopic (exact) mass is 408 g/mol. The molecule has 0 atom stereocenters. The average molecular weight is 408 g/mol. The van der Waals surface area contributed by atoms with Crippen molar-refractivity contribution < 1.29 is 9.15 Å². The van der Waals surface area contributed by atoms with E-state index in [1.165, 1.54) is 27.5 Å². The predicted molar refractivity (Wildman–Crippen MR) is 107 cm³/mol. The Labute approximate surface area is 170 Å². The Hall–Kier alpha value is -3.69. The van der Waals surface area contributed by atoms with Crippen LogP contribution < -0.4 is 16.1 Å². The van der Waals surface area contributed by atoms with Gasteiger partial charge in [-0.1, -0.05) is 12.1 Å². The zero-order chi connectivity index (χ0) is 20.8. The van der Waals surface area contributed by atoms with E-state index in [0.717, 1.165) is 18.6 Å². The molecule has 1 saturated carbocycles. The lowest BCUT2D eigenvalue weighted by molar-refractivity contribution is 0.233. The molecule has 0 saturated heterocycles. The van der Waals surface area contributed by atoms with E-state index in [0.29, 0.717) is 17.1 Å². The zero-order valence-electron chi connectivity index (χ0n) is 16.6. The van der Waals surface area contributed by atoms with Crippen LogP contribution in [-0.2, 0) is 13.6 Å². The number of aryl methyl sites for hydroxylation is 1. The van der Waals surface area contributed by atoms with E-state index in [-0.39, 0.29) is 24.0 Å². The van der Waals surface area contributed by atoms with Crippen LogP contribution in [0.2, 0.25) is 0 Å². The minimum Gasteiger partial charge on any atom is -0.497 e. The molecule has 0 bridgehead atoms. The summed E-state index contributed by atoms with van der Waals surface area (Å²) in [7, 11) is 3.37. The molecule has 0 aliphatic heterocycles. The quantitative estimate of drug-likeness (QED) is 0.492. The minimum absolute atomic E-state index is 0.0171. The Kier molecular flexibility index (Phi) is 4.27. The Bertz CT molecular complexity index is 1320. The molecule has 1 aliphatic carbocycles. The second-order valence-electron chi connectivity index (χ2n) is 7.51. The van der Waals surface area contributed by atoms with Crippen molar-refractivity contribution in [2.75, 3.05) is 7.11 Å². The second-order valence-corrected chi connectivity index (χ2v) is 7.51. The molecule has 3 heterocycles. The third kappa shape index (κ3) is 3.00. The fraction of sp³-hybridized carbons (Fsp3) is 0.350. The van der Waals surface area contributed by atoms with Gasteiger partial charge in [0.15, 0.2) is 11.2 Å². The van der Waals surface area contributed by atoms with E-state index in [9.17, 15) is 9.59 Å². The van der Waals surface area contributed by atoms with Crippen molar-refractivity contribution in [3.05, 3.63) is 69.3 Å². The van der Waals surface area contributed by atoms with Crippen LogP contribution >= 0.6 is 0 Å². The maximum atomic E-state index is 12.7. The molecule has 0 amide bonds. The number of nitrogens with zero attached hydrogens (tertiary/aromatic N) is 6. The first-order valence-electron chi connectivity index (χ1n) is 9.62. The molecule has 1 aliphatic rings. The highest BCUT2D eigenvalue weighted by Crippen LogP contribution is 2.44. The maximum absolute atomic E-state index is 12.7. The molecular weight excluding hydrogens is 388 g/mol. The summed E-state index contributed by atoms with van der Waals surface area (Å²) in [5, 5.41) is 4.32. The van der Waals surface area contributed by atoms with E-state index in [1.54, 1.807) is 18.7 Å². The Morgan fingerprint density at radius 1 is 1.13 bits per heavy atom. The number of imidazole rings is 1. The number of benzene rings is 1. The van der Waals surface area contributed by atoms with Gasteiger partial charge in [0, 0.05) is 7.05 Å². The molecule has 0 radical (unpaired) electrons. The summed E-state index contributed by atoms with van der Waals surface area (Å²) in [6.07, 6.45) is 4.54. The third-order valence-corrected chi connectivity index (χ3v) is 5.66. The molecule has 1 aromatic carbocycles. The molecule has 1 fully saturated rings. The average Bonchev–Trinajstić information content (AvgIpc) is 3.26. The number of methoxy groups -OCH3 is 1. The largest absolute Gasteiger partial charge is 0.497 e. The number of hydrogen-bond donors (Lipinski definition) is 0. The van der Waals surface area contributed by atoms with Crippen molar-refractivity contribution in [2.24, 2.45) is 7.05 Å². The summed E-state index contributed by atoms with van der Waals surface area (Å²) in [5.41, 5.74) is 1.72. The van der Waals surface area contributed by atoms with Gasteiger partial charge in [0.25, 0.3) is 5.56 Å². The van der Waals surface area contributed by atoms with Crippen molar-refractivity contribution in [2.45, 2.75) is 31.3 Å². The Morgan fingerprint density at radius 2 is 1.87 bits per heavy atom. The first-order valence-corrected chi connectivity index (χ1v) is 9.62. The Morgan fingerprint density at radius 3 is 2.60 bits per heavy atom. The highest BCUT2D eigenvalue weighted by Gasteiger charge is 2.34. The molecule has 0 spiro atoms. The number of hydrogen-bond acceptors (Lipinski definition) is 7. The van der Waals surface area contributed by atoms with Crippen molar-refractivity contribution in [1.29, 1.82) is 0 Å². The van der Waals surface area contributed by atoms with Gasteiger partial charge in [-0.15, -0.1) is 5.10 Å². The molecule has 0 unspecified atom stereocenters. The number of ether oxygens (including phenoxy) is 1. The second kappa shape index (κ2) is 6.97. The van der Waals surface area contributed by atoms with E-state index < -0.39 is 5.76 Å². The van der Waals surface area contributed by atoms with Crippen LogP contribution in [-0.4, -0.2) is 36.0 Å². The van der Waals surface area contributed by atoms with E-state index in [2.05, 4.69) is 15.1 Å². The lowest BCUT2D eigenvalue weighted by atomic mass is 9.76. The van der Waals surface area contributed by atoms with Crippen LogP contribution in [0.5, 0.6) is 5.75 Å². The van der Waals surface area contributed by atoms with Crippen LogP contribution in [0.25, 0.3) is 11.2 Å². The SMILES string of the molecule is COc1ccc([C@H]2C[C@H](n3nc(Cn4cnc5ncn(C)c5c4=O)oc3=O)C2)cc1. The van der Waals surface area contributed by atoms with Crippen LogP contribution in [0, 0.1) is 0 Å². The molecule has 10 nitrogen and oxygen atoms in total. The first kappa shape index (κ1) is 18.3. The Balaban J connectivity index is 1.32. The van der Waals surface area contributed by atoms with Gasteiger partial charge in [-0.05, 0) is 36.5 Å². The van der Waals surface area contributed by atoms with Crippen molar-refractivity contribution in [1.82, 2.24) is 28.9 Å². The molecule has 30 heavy (non-hydrogen) atoms. The van der Waals surface area contributed by atoms with Crippen LogP contribution in [0.4, 0.5) is 0 Å². The summed E-state index contributed by atoms with van der Waals surface area (Å²) >= 11 is 0. The molecule has 154 valence electrons.